The van der Waals surface area contributed by atoms with Crippen LogP contribution in [-0.4, -0.2) is 21.5 Å². The number of benzene rings is 3. The summed E-state index contributed by atoms with van der Waals surface area (Å²) in [6.45, 7) is 0. The molecule has 9 heteroatoms. The lowest BCUT2D eigenvalue weighted by atomic mass is 10.2. The molecule has 29 heavy (non-hydrogen) atoms. The number of rotatable bonds is 6. The van der Waals surface area contributed by atoms with Gasteiger partial charge in [-0.2, -0.15) is 0 Å². The van der Waals surface area contributed by atoms with Crippen LogP contribution >= 0.6 is 23.2 Å². The molecule has 6 nitrogen and oxygen atoms in total. The SMILES string of the molecule is COC(=O)c1cc(S(=O)(=O)Nc2cc(Cl)ccc2Oc2ccccc2)ccc1Cl. The molecule has 0 bridgehead atoms. The third-order valence-electron chi connectivity index (χ3n) is 3.81. The minimum absolute atomic E-state index is 0.0658. The summed E-state index contributed by atoms with van der Waals surface area (Å²) in [4.78, 5) is 11.6. The minimum atomic E-state index is -4.08. The largest absolute Gasteiger partial charge is 0.465 e. The van der Waals surface area contributed by atoms with E-state index in [1.54, 1.807) is 36.4 Å². The molecule has 0 fully saturated rings. The zero-order valence-electron chi connectivity index (χ0n) is 15.1. The Morgan fingerprint density at radius 3 is 2.38 bits per heavy atom. The molecular formula is C20H15Cl2NO5S. The van der Waals surface area contributed by atoms with Crippen LogP contribution in [0.4, 0.5) is 5.69 Å². The predicted molar refractivity (Wildman–Crippen MR) is 112 cm³/mol. The molecule has 0 spiro atoms. The lowest BCUT2D eigenvalue weighted by Crippen LogP contribution is -2.15. The second-order valence-electron chi connectivity index (χ2n) is 5.79. The maximum atomic E-state index is 12.9. The number of ether oxygens (including phenoxy) is 2. The molecule has 0 amide bonds. The van der Waals surface area contributed by atoms with Crippen LogP contribution in [0.25, 0.3) is 0 Å². The number of methoxy groups -OCH3 is 1. The molecule has 0 saturated carbocycles. The van der Waals surface area contributed by atoms with E-state index >= 15 is 0 Å². The number of halogens is 2. The van der Waals surface area contributed by atoms with Crippen LogP contribution in [0.15, 0.2) is 71.6 Å². The normalized spacial score (nSPS) is 11.0. The zero-order valence-corrected chi connectivity index (χ0v) is 17.4. The molecule has 0 aliphatic carbocycles. The molecule has 0 atom stereocenters. The minimum Gasteiger partial charge on any atom is -0.465 e. The molecule has 3 rings (SSSR count). The van der Waals surface area contributed by atoms with Gasteiger partial charge < -0.3 is 9.47 Å². The van der Waals surface area contributed by atoms with Crippen LogP contribution in [0, 0.1) is 0 Å². The van der Waals surface area contributed by atoms with Crippen molar-refractivity contribution in [3.63, 3.8) is 0 Å². The van der Waals surface area contributed by atoms with Crippen LogP contribution < -0.4 is 9.46 Å². The molecule has 0 unspecified atom stereocenters. The highest BCUT2D eigenvalue weighted by Crippen LogP contribution is 2.34. The van der Waals surface area contributed by atoms with Gasteiger partial charge in [0, 0.05) is 5.02 Å². The van der Waals surface area contributed by atoms with Crippen molar-refractivity contribution in [3.05, 3.63) is 82.3 Å². The Kier molecular flexibility index (Phi) is 6.32. The quantitative estimate of drug-likeness (QED) is 0.509. The first-order chi connectivity index (χ1) is 13.8. The van der Waals surface area contributed by atoms with Crippen molar-refractivity contribution in [2.24, 2.45) is 0 Å². The number of carbonyl (C=O) groups excluding carboxylic acids is 1. The number of carbonyl (C=O) groups is 1. The van der Waals surface area contributed by atoms with Gasteiger partial charge in [-0.1, -0.05) is 41.4 Å². The van der Waals surface area contributed by atoms with E-state index in [-0.39, 0.29) is 26.9 Å². The zero-order chi connectivity index (χ0) is 21.0. The Hall–Kier alpha value is -2.74. The third-order valence-corrected chi connectivity index (χ3v) is 5.74. The summed E-state index contributed by atoms with van der Waals surface area (Å²) >= 11 is 12.0. The number of nitrogens with one attached hydrogen (secondary N) is 1. The molecule has 0 saturated heterocycles. The number of para-hydroxylation sites is 1. The molecule has 0 aliphatic rings. The highest BCUT2D eigenvalue weighted by molar-refractivity contribution is 7.92. The smallest absolute Gasteiger partial charge is 0.339 e. The number of sulfonamides is 1. The van der Waals surface area contributed by atoms with E-state index in [0.29, 0.717) is 10.8 Å². The van der Waals surface area contributed by atoms with Crippen molar-refractivity contribution in [2.75, 3.05) is 11.8 Å². The van der Waals surface area contributed by atoms with Crippen LogP contribution in [0.5, 0.6) is 11.5 Å². The number of anilines is 1. The average molecular weight is 452 g/mol. The van der Waals surface area contributed by atoms with Crippen molar-refractivity contribution >= 4 is 44.9 Å². The average Bonchev–Trinajstić information content (AvgIpc) is 2.70. The monoisotopic (exact) mass is 451 g/mol. The molecule has 1 N–H and O–H groups in total. The molecule has 150 valence electrons. The number of hydrogen-bond acceptors (Lipinski definition) is 5. The van der Waals surface area contributed by atoms with Gasteiger partial charge in [-0.3, -0.25) is 4.72 Å². The van der Waals surface area contributed by atoms with E-state index in [1.807, 2.05) is 6.07 Å². The van der Waals surface area contributed by atoms with Crippen molar-refractivity contribution in [2.45, 2.75) is 4.90 Å². The summed E-state index contributed by atoms with van der Waals surface area (Å²) in [7, 11) is -2.90. The summed E-state index contributed by atoms with van der Waals surface area (Å²) in [5.74, 6) is 0.0315. The molecule has 3 aromatic rings. The van der Waals surface area contributed by atoms with Gasteiger partial charge in [-0.05, 0) is 48.5 Å². The molecule has 0 radical (unpaired) electrons. The Labute approximate surface area is 178 Å². The van der Waals surface area contributed by atoms with Crippen molar-refractivity contribution < 1.29 is 22.7 Å². The Balaban J connectivity index is 1.97. The summed E-state index contributed by atoms with van der Waals surface area (Å²) in [5.41, 5.74) is 0.0693. The van der Waals surface area contributed by atoms with Crippen LogP contribution in [0.2, 0.25) is 10.0 Å². The Bertz CT molecular complexity index is 1150. The Morgan fingerprint density at radius 1 is 0.966 bits per heavy atom. The van der Waals surface area contributed by atoms with Gasteiger partial charge in [0.2, 0.25) is 0 Å². The standard InChI is InChI=1S/C20H15Cl2NO5S/c1-27-20(24)16-12-15(8-9-17(16)22)29(25,26)23-18-11-13(21)7-10-19(18)28-14-5-3-2-4-6-14/h2-12,23H,1H3. The highest BCUT2D eigenvalue weighted by atomic mass is 35.5. The van der Waals surface area contributed by atoms with Crippen molar-refractivity contribution in [1.82, 2.24) is 0 Å². The van der Waals surface area contributed by atoms with Gasteiger partial charge >= 0.3 is 5.97 Å². The predicted octanol–water partition coefficient (Wildman–Crippen LogP) is 5.37. The summed E-state index contributed by atoms with van der Waals surface area (Å²) < 4.78 is 38.6. The van der Waals surface area contributed by atoms with Gasteiger partial charge in [0.05, 0.1) is 28.3 Å². The van der Waals surface area contributed by atoms with E-state index in [0.717, 1.165) is 6.07 Å². The summed E-state index contributed by atoms with van der Waals surface area (Å²) in [6.07, 6.45) is 0. The molecule has 0 aliphatic heterocycles. The fourth-order valence-electron chi connectivity index (χ4n) is 2.43. The fraction of sp³-hybridized carbons (Fsp3) is 0.0500. The van der Waals surface area contributed by atoms with Crippen molar-refractivity contribution in [1.29, 1.82) is 0 Å². The van der Waals surface area contributed by atoms with Gasteiger partial charge in [0.15, 0.2) is 5.75 Å². The first-order valence-electron chi connectivity index (χ1n) is 8.23. The fourth-order valence-corrected chi connectivity index (χ4v) is 3.88. The first kappa shape index (κ1) is 21.0. The van der Waals surface area contributed by atoms with E-state index in [9.17, 15) is 13.2 Å². The maximum absolute atomic E-state index is 12.9. The molecule has 0 heterocycles. The lowest BCUT2D eigenvalue weighted by Gasteiger charge is -2.14. The first-order valence-corrected chi connectivity index (χ1v) is 10.5. The number of hydrogen-bond donors (Lipinski definition) is 1. The van der Waals surface area contributed by atoms with Gasteiger partial charge in [0.1, 0.15) is 5.75 Å². The third kappa shape index (κ3) is 5.00. The van der Waals surface area contributed by atoms with Crippen LogP contribution in [0.1, 0.15) is 10.4 Å². The highest BCUT2D eigenvalue weighted by Gasteiger charge is 2.21. The van der Waals surface area contributed by atoms with Crippen LogP contribution in [-0.2, 0) is 14.8 Å². The van der Waals surface area contributed by atoms with E-state index < -0.39 is 16.0 Å². The topological polar surface area (TPSA) is 81.7 Å². The second kappa shape index (κ2) is 8.73. The Morgan fingerprint density at radius 2 is 1.69 bits per heavy atom. The summed E-state index contributed by atoms with van der Waals surface area (Å²) in [5, 5.41) is 0.390. The van der Waals surface area contributed by atoms with E-state index in [4.69, 9.17) is 27.9 Å². The van der Waals surface area contributed by atoms with Gasteiger partial charge in [-0.15, -0.1) is 0 Å². The van der Waals surface area contributed by atoms with E-state index in [2.05, 4.69) is 9.46 Å². The molecule has 0 aromatic heterocycles. The summed E-state index contributed by atoms with van der Waals surface area (Å²) in [6, 6.07) is 17.1. The van der Waals surface area contributed by atoms with E-state index in [1.165, 1.54) is 25.3 Å². The van der Waals surface area contributed by atoms with Gasteiger partial charge in [-0.25, -0.2) is 13.2 Å². The maximum Gasteiger partial charge on any atom is 0.339 e. The second-order valence-corrected chi connectivity index (χ2v) is 8.32. The molecular weight excluding hydrogens is 437 g/mol. The van der Waals surface area contributed by atoms with Gasteiger partial charge in [0.25, 0.3) is 10.0 Å². The number of esters is 1. The van der Waals surface area contributed by atoms with Crippen LogP contribution in [0.3, 0.4) is 0 Å². The van der Waals surface area contributed by atoms with Crippen molar-refractivity contribution in [3.8, 4) is 11.5 Å². The molecule has 3 aromatic carbocycles. The lowest BCUT2D eigenvalue weighted by molar-refractivity contribution is 0.0600.